The van der Waals surface area contributed by atoms with Crippen molar-refractivity contribution in [2.24, 2.45) is 0 Å². The maximum Gasteiger partial charge on any atom is 0.153 e. The topological polar surface area (TPSA) is 60.0 Å². The van der Waals surface area contributed by atoms with E-state index >= 15 is 0 Å². The third-order valence-electron chi connectivity index (χ3n) is 3.75. The standard InChI is InChI=1S/C19H27NO4/c1-19(2,3)20-17-12(7-8-21)9-13-10-14(22-4)11-15(23-5)16(13)18(17)24-6/h9-11,20-21H,7-8H2,1-6H3. The highest BCUT2D eigenvalue weighted by Crippen LogP contribution is 2.44. The lowest BCUT2D eigenvalue weighted by Gasteiger charge is -2.27. The molecule has 0 fully saturated rings. The highest BCUT2D eigenvalue weighted by Gasteiger charge is 2.21. The molecule has 2 aromatic carbocycles. The van der Waals surface area contributed by atoms with Crippen molar-refractivity contribution >= 4 is 16.5 Å². The van der Waals surface area contributed by atoms with Crippen LogP contribution in [0.15, 0.2) is 18.2 Å². The molecule has 0 aliphatic carbocycles. The number of aliphatic hydroxyl groups is 1. The van der Waals surface area contributed by atoms with E-state index < -0.39 is 0 Å². The molecule has 24 heavy (non-hydrogen) atoms. The summed E-state index contributed by atoms with van der Waals surface area (Å²) < 4.78 is 16.7. The van der Waals surface area contributed by atoms with E-state index in [0.717, 1.165) is 22.0 Å². The summed E-state index contributed by atoms with van der Waals surface area (Å²) in [5.74, 6) is 2.12. The summed E-state index contributed by atoms with van der Waals surface area (Å²) in [5.41, 5.74) is 1.73. The van der Waals surface area contributed by atoms with Crippen molar-refractivity contribution in [3.63, 3.8) is 0 Å². The number of rotatable bonds is 6. The Bertz CT molecular complexity index is 720. The minimum atomic E-state index is -0.148. The van der Waals surface area contributed by atoms with E-state index in [-0.39, 0.29) is 12.1 Å². The number of aliphatic hydroxyl groups excluding tert-OH is 1. The molecule has 2 rings (SSSR count). The fraction of sp³-hybridized carbons (Fsp3) is 0.474. The SMILES string of the molecule is COc1cc(OC)c2c(OC)c(NC(C)(C)C)c(CCO)cc2c1. The molecule has 5 heteroatoms. The lowest BCUT2D eigenvalue weighted by atomic mass is 9.98. The molecule has 0 heterocycles. The predicted octanol–water partition coefficient (Wildman–Crippen LogP) is 3.61. The molecule has 0 radical (unpaired) electrons. The Labute approximate surface area is 143 Å². The van der Waals surface area contributed by atoms with Crippen LogP contribution in [0.3, 0.4) is 0 Å². The van der Waals surface area contributed by atoms with Gasteiger partial charge in [0.05, 0.1) is 32.4 Å². The fourth-order valence-electron chi connectivity index (χ4n) is 2.81. The molecule has 2 aromatic rings. The molecule has 0 aromatic heterocycles. The third kappa shape index (κ3) is 3.67. The van der Waals surface area contributed by atoms with E-state index in [2.05, 4.69) is 26.1 Å². The monoisotopic (exact) mass is 333 g/mol. The maximum absolute atomic E-state index is 9.46. The lowest BCUT2D eigenvalue weighted by molar-refractivity contribution is 0.299. The Hall–Kier alpha value is -2.14. The lowest BCUT2D eigenvalue weighted by Crippen LogP contribution is -2.27. The summed E-state index contributed by atoms with van der Waals surface area (Å²) in [5, 5.41) is 14.8. The average Bonchev–Trinajstić information content (AvgIpc) is 2.53. The minimum Gasteiger partial charge on any atom is -0.497 e. The van der Waals surface area contributed by atoms with Crippen LogP contribution in [0, 0.1) is 0 Å². The first kappa shape index (κ1) is 18.2. The summed E-state index contributed by atoms with van der Waals surface area (Å²) in [4.78, 5) is 0. The van der Waals surface area contributed by atoms with Crippen LogP contribution in [0.4, 0.5) is 5.69 Å². The van der Waals surface area contributed by atoms with Crippen LogP contribution in [0.5, 0.6) is 17.2 Å². The van der Waals surface area contributed by atoms with Crippen LogP contribution in [0.25, 0.3) is 10.8 Å². The van der Waals surface area contributed by atoms with Crippen molar-refractivity contribution in [1.29, 1.82) is 0 Å². The second-order valence-electron chi connectivity index (χ2n) is 6.72. The van der Waals surface area contributed by atoms with Crippen molar-refractivity contribution in [3.8, 4) is 17.2 Å². The van der Waals surface area contributed by atoms with Gasteiger partial charge in [-0.15, -0.1) is 0 Å². The molecule has 0 atom stereocenters. The van der Waals surface area contributed by atoms with Crippen LogP contribution < -0.4 is 19.5 Å². The van der Waals surface area contributed by atoms with Gasteiger partial charge in [0.25, 0.3) is 0 Å². The molecule has 0 aliphatic heterocycles. The van der Waals surface area contributed by atoms with Gasteiger partial charge in [0.15, 0.2) is 5.75 Å². The first-order valence-electron chi connectivity index (χ1n) is 7.99. The molecule has 0 bridgehead atoms. The quantitative estimate of drug-likeness (QED) is 0.846. The summed E-state index contributed by atoms with van der Waals surface area (Å²) >= 11 is 0. The molecule has 0 unspecified atom stereocenters. The van der Waals surface area contributed by atoms with Gasteiger partial charge >= 0.3 is 0 Å². The zero-order valence-corrected chi connectivity index (χ0v) is 15.3. The molecular weight excluding hydrogens is 306 g/mol. The Kier molecular flexibility index (Phi) is 5.44. The highest BCUT2D eigenvalue weighted by molar-refractivity contribution is 6.00. The first-order valence-corrected chi connectivity index (χ1v) is 7.99. The van der Waals surface area contributed by atoms with Crippen molar-refractivity contribution < 1.29 is 19.3 Å². The number of hydrogen-bond donors (Lipinski definition) is 2. The Morgan fingerprint density at radius 3 is 2.21 bits per heavy atom. The summed E-state index contributed by atoms with van der Waals surface area (Å²) in [7, 11) is 4.91. The van der Waals surface area contributed by atoms with Crippen LogP contribution in [-0.2, 0) is 6.42 Å². The van der Waals surface area contributed by atoms with Gasteiger partial charge in [-0.2, -0.15) is 0 Å². The number of anilines is 1. The third-order valence-corrected chi connectivity index (χ3v) is 3.75. The van der Waals surface area contributed by atoms with Crippen LogP contribution >= 0.6 is 0 Å². The molecule has 5 nitrogen and oxygen atoms in total. The summed E-state index contributed by atoms with van der Waals surface area (Å²) in [6, 6.07) is 5.84. The average molecular weight is 333 g/mol. The predicted molar refractivity (Wildman–Crippen MR) is 97.8 cm³/mol. The van der Waals surface area contributed by atoms with Gasteiger partial charge in [0, 0.05) is 18.2 Å². The van der Waals surface area contributed by atoms with Gasteiger partial charge in [0.2, 0.25) is 0 Å². The Morgan fingerprint density at radius 2 is 1.71 bits per heavy atom. The van der Waals surface area contributed by atoms with Gasteiger partial charge in [-0.1, -0.05) is 0 Å². The minimum absolute atomic E-state index is 0.0641. The van der Waals surface area contributed by atoms with E-state index in [1.807, 2.05) is 18.2 Å². The largest absolute Gasteiger partial charge is 0.497 e. The second kappa shape index (κ2) is 7.18. The molecule has 0 saturated carbocycles. The molecule has 0 saturated heterocycles. The van der Waals surface area contributed by atoms with Crippen molar-refractivity contribution in [3.05, 3.63) is 23.8 Å². The molecule has 132 valence electrons. The van der Waals surface area contributed by atoms with Gasteiger partial charge in [0.1, 0.15) is 11.5 Å². The van der Waals surface area contributed by atoms with Gasteiger partial charge in [-0.3, -0.25) is 0 Å². The number of fused-ring (bicyclic) bond motifs is 1. The summed E-state index contributed by atoms with van der Waals surface area (Å²) in [6.07, 6.45) is 0.532. The van der Waals surface area contributed by atoms with Gasteiger partial charge in [-0.05, 0) is 50.3 Å². The van der Waals surface area contributed by atoms with Gasteiger partial charge in [-0.25, -0.2) is 0 Å². The number of methoxy groups -OCH3 is 3. The van der Waals surface area contributed by atoms with E-state index in [1.54, 1.807) is 21.3 Å². The van der Waals surface area contributed by atoms with E-state index in [1.165, 1.54) is 0 Å². The molecule has 0 amide bonds. The molecule has 0 spiro atoms. The normalized spacial score (nSPS) is 11.5. The Morgan fingerprint density at radius 1 is 1.00 bits per heavy atom. The first-order chi connectivity index (χ1) is 11.3. The smallest absolute Gasteiger partial charge is 0.153 e. The molecular formula is C19H27NO4. The van der Waals surface area contributed by atoms with Crippen molar-refractivity contribution in [2.75, 3.05) is 33.3 Å². The Balaban J connectivity index is 2.84. The van der Waals surface area contributed by atoms with Crippen LogP contribution in [-0.4, -0.2) is 38.6 Å². The van der Waals surface area contributed by atoms with Crippen molar-refractivity contribution in [1.82, 2.24) is 0 Å². The van der Waals surface area contributed by atoms with Crippen LogP contribution in [0.2, 0.25) is 0 Å². The van der Waals surface area contributed by atoms with E-state index in [9.17, 15) is 5.11 Å². The maximum atomic E-state index is 9.46. The zero-order valence-electron chi connectivity index (χ0n) is 15.3. The van der Waals surface area contributed by atoms with Crippen LogP contribution in [0.1, 0.15) is 26.3 Å². The molecule has 0 aliphatic rings. The number of benzene rings is 2. The number of ether oxygens (including phenoxy) is 3. The van der Waals surface area contributed by atoms with Gasteiger partial charge < -0.3 is 24.6 Å². The number of nitrogens with one attached hydrogen (secondary N) is 1. The highest BCUT2D eigenvalue weighted by atomic mass is 16.5. The van der Waals surface area contributed by atoms with E-state index in [4.69, 9.17) is 14.2 Å². The van der Waals surface area contributed by atoms with E-state index in [0.29, 0.717) is 23.7 Å². The van der Waals surface area contributed by atoms with Crippen molar-refractivity contribution in [2.45, 2.75) is 32.7 Å². The molecule has 2 N–H and O–H groups in total. The zero-order chi connectivity index (χ0) is 17.9. The summed E-state index contributed by atoms with van der Waals surface area (Å²) in [6.45, 7) is 6.33. The fourth-order valence-corrected chi connectivity index (χ4v) is 2.81. The number of hydrogen-bond acceptors (Lipinski definition) is 5. The second-order valence-corrected chi connectivity index (χ2v) is 6.72.